The van der Waals surface area contributed by atoms with Crippen molar-refractivity contribution in [3.8, 4) is 0 Å². The van der Waals surface area contributed by atoms with Crippen molar-refractivity contribution >= 4 is 64.0 Å². The van der Waals surface area contributed by atoms with Gasteiger partial charge < -0.3 is 5.11 Å². The Hall–Kier alpha value is -3.86. The number of thioether (sulfide) groups is 1. The molecule has 8 nitrogen and oxygen atoms in total. The monoisotopic (exact) mass is 505 g/mol. The van der Waals surface area contributed by atoms with Gasteiger partial charge in [0.2, 0.25) is 0 Å². The Kier molecular flexibility index (Phi) is 7.35. The predicted octanol–water partition coefficient (Wildman–Crippen LogP) is 4.43. The second-order valence-electron chi connectivity index (χ2n) is 7.35. The molecule has 10 heteroatoms. The molecule has 1 aliphatic rings. The number of hydrogen-bond donors (Lipinski definition) is 1. The molecule has 0 bridgehead atoms. The molecular formula is C25H19N3O5S2. The van der Waals surface area contributed by atoms with Crippen LogP contribution in [0.5, 0.6) is 0 Å². The number of carbonyl (C=O) groups is 2. The third-order valence-corrected chi connectivity index (χ3v) is 6.53. The lowest BCUT2D eigenvalue weighted by Gasteiger charge is -2.36. The summed E-state index contributed by atoms with van der Waals surface area (Å²) in [5, 5.41) is 20.7. The van der Waals surface area contributed by atoms with Crippen LogP contribution in [0.4, 0.5) is 17.1 Å². The molecule has 1 heterocycles. The molecular weight excluding hydrogens is 486 g/mol. The SMILES string of the molecule is O=C1C(=Cc2ccc(SCCO)c([N+](=O)[O-])c2)C(=O)N(c2ccccc2)C(=S)N1c1ccccc1. The summed E-state index contributed by atoms with van der Waals surface area (Å²) >= 11 is 6.71. The first kappa shape index (κ1) is 24.3. The van der Waals surface area contributed by atoms with Crippen molar-refractivity contribution in [2.24, 2.45) is 0 Å². The van der Waals surface area contributed by atoms with Gasteiger partial charge in [0, 0.05) is 11.8 Å². The van der Waals surface area contributed by atoms with E-state index in [9.17, 15) is 19.7 Å². The molecule has 3 aromatic carbocycles. The summed E-state index contributed by atoms with van der Waals surface area (Å²) in [6, 6.07) is 21.9. The normalized spacial score (nSPS) is 13.9. The molecule has 0 unspecified atom stereocenters. The number of nitro benzene ring substituents is 1. The fourth-order valence-electron chi connectivity index (χ4n) is 3.55. The van der Waals surface area contributed by atoms with Crippen LogP contribution in [0, 0.1) is 10.1 Å². The lowest BCUT2D eigenvalue weighted by atomic mass is 10.0. The molecule has 0 aromatic heterocycles. The maximum atomic E-state index is 13.5. The summed E-state index contributed by atoms with van der Waals surface area (Å²) in [7, 11) is 0. The van der Waals surface area contributed by atoms with Crippen LogP contribution < -0.4 is 9.80 Å². The summed E-state index contributed by atoms with van der Waals surface area (Å²) in [5.74, 6) is -0.951. The van der Waals surface area contributed by atoms with Crippen LogP contribution in [-0.4, -0.2) is 39.3 Å². The first-order valence-electron chi connectivity index (χ1n) is 10.5. The number of nitro groups is 1. The standard InChI is InChI=1S/C25H19N3O5S2/c29-13-14-35-22-12-11-17(16-21(22)28(32)33)15-20-23(30)26(18-7-3-1-4-8-18)25(34)27(24(20)31)19-9-5-2-6-10-19/h1-12,15-16,29H,13-14H2. The van der Waals surface area contributed by atoms with E-state index in [4.69, 9.17) is 17.3 Å². The molecule has 4 rings (SSSR count). The Morgan fingerprint density at radius 2 is 1.46 bits per heavy atom. The van der Waals surface area contributed by atoms with Gasteiger partial charge in [-0.05, 0) is 54.2 Å². The van der Waals surface area contributed by atoms with Gasteiger partial charge in [-0.25, -0.2) is 0 Å². The first-order chi connectivity index (χ1) is 16.9. The van der Waals surface area contributed by atoms with Gasteiger partial charge in [0.05, 0.1) is 27.8 Å². The Balaban J connectivity index is 1.83. The summed E-state index contributed by atoms with van der Waals surface area (Å²) in [5.41, 5.74) is 0.933. The number of thiocarbonyl (C=S) groups is 1. The fraction of sp³-hybridized carbons (Fsp3) is 0.0800. The van der Waals surface area contributed by atoms with Crippen molar-refractivity contribution in [1.29, 1.82) is 0 Å². The average molecular weight is 506 g/mol. The average Bonchev–Trinajstić information content (AvgIpc) is 2.87. The third kappa shape index (κ3) is 4.99. The maximum Gasteiger partial charge on any atom is 0.283 e. The molecule has 1 N–H and O–H groups in total. The highest BCUT2D eigenvalue weighted by atomic mass is 32.2. The van der Waals surface area contributed by atoms with Gasteiger partial charge in [-0.1, -0.05) is 42.5 Å². The molecule has 2 amide bonds. The second kappa shape index (κ2) is 10.6. The number of anilines is 2. The number of aliphatic hydroxyl groups is 1. The molecule has 1 fully saturated rings. The molecule has 0 aliphatic carbocycles. The number of carbonyl (C=O) groups excluding carboxylic acids is 2. The molecule has 0 saturated carbocycles. The second-order valence-corrected chi connectivity index (χ2v) is 8.85. The molecule has 3 aromatic rings. The van der Waals surface area contributed by atoms with Gasteiger partial charge >= 0.3 is 0 Å². The highest BCUT2D eigenvalue weighted by Gasteiger charge is 2.41. The number of nitrogens with zero attached hydrogens (tertiary/aromatic N) is 3. The molecule has 1 saturated heterocycles. The summed E-state index contributed by atoms with van der Waals surface area (Å²) in [6.07, 6.45) is 1.34. The van der Waals surface area contributed by atoms with E-state index in [1.54, 1.807) is 66.7 Å². The molecule has 176 valence electrons. The van der Waals surface area contributed by atoms with Crippen LogP contribution >= 0.6 is 24.0 Å². The number of amides is 2. The van der Waals surface area contributed by atoms with E-state index < -0.39 is 16.7 Å². The lowest BCUT2D eigenvalue weighted by Crippen LogP contribution is -2.56. The largest absolute Gasteiger partial charge is 0.396 e. The topological polar surface area (TPSA) is 104 Å². The van der Waals surface area contributed by atoms with Crippen molar-refractivity contribution in [1.82, 2.24) is 0 Å². The highest BCUT2D eigenvalue weighted by Crippen LogP contribution is 2.33. The van der Waals surface area contributed by atoms with E-state index in [2.05, 4.69) is 0 Å². The van der Waals surface area contributed by atoms with Gasteiger partial charge in [-0.15, -0.1) is 11.8 Å². The van der Waals surface area contributed by atoms with Crippen LogP contribution in [0.1, 0.15) is 5.56 Å². The Bertz CT molecular complexity index is 1270. The van der Waals surface area contributed by atoms with Crippen molar-refractivity contribution in [3.63, 3.8) is 0 Å². The molecule has 0 radical (unpaired) electrons. The minimum Gasteiger partial charge on any atom is -0.396 e. The van der Waals surface area contributed by atoms with Crippen LogP contribution in [0.2, 0.25) is 0 Å². The first-order valence-corrected chi connectivity index (χ1v) is 11.9. The minimum atomic E-state index is -0.625. The smallest absolute Gasteiger partial charge is 0.283 e. The predicted molar refractivity (Wildman–Crippen MR) is 139 cm³/mol. The Morgan fingerprint density at radius 1 is 0.914 bits per heavy atom. The third-order valence-electron chi connectivity index (χ3n) is 5.12. The van der Waals surface area contributed by atoms with Crippen LogP contribution in [0.25, 0.3) is 6.08 Å². The lowest BCUT2D eigenvalue weighted by molar-refractivity contribution is -0.387. The quantitative estimate of drug-likeness (QED) is 0.127. The Labute approximate surface area is 210 Å². The number of rotatable bonds is 7. The van der Waals surface area contributed by atoms with Gasteiger partial charge in [-0.3, -0.25) is 29.5 Å². The molecule has 35 heavy (non-hydrogen) atoms. The van der Waals surface area contributed by atoms with E-state index in [-0.39, 0.29) is 23.0 Å². The minimum absolute atomic E-state index is 0.0104. The number of benzene rings is 3. The number of aliphatic hydroxyl groups excluding tert-OH is 1. The summed E-state index contributed by atoms with van der Waals surface area (Å²) in [6.45, 7) is -0.124. The fourth-order valence-corrected chi connectivity index (χ4v) is 4.68. The van der Waals surface area contributed by atoms with Gasteiger partial charge in [0.25, 0.3) is 17.5 Å². The summed E-state index contributed by atoms with van der Waals surface area (Å²) < 4.78 is 0. The van der Waals surface area contributed by atoms with E-state index in [0.717, 1.165) is 11.8 Å². The van der Waals surface area contributed by atoms with E-state index in [0.29, 0.717) is 27.6 Å². The van der Waals surface area contributed by atoms with Crippen molar-refractivity contribution in [2.75, 3.05) is 22.2 Å². The van der Waals surface area contributed by atoms with E-state index >= 15 is 0 Å². The van der Waals surface area contributed by atoms with Crippen LogP contribution in [-0.2, 0) is 9.59 Å². The van der Waals surface area contributed by atoms with Crippen molar-refractivity contribution in [3.05, 3.63) is 100 Å². The zero-order chi connectivity index (χ0) is 24.9. The summed E-state index contributed by atoms with van der Waals surface area (Å²) in [4.78, 5) is 41.0. The van der Waals surface area contributed by atoms with Crippen molar-refractivity contribution < 1.29 is 19.6 Å². The molecule has 0 spiro atoms. The van der Waals surface area contributed by atoms with Crippen molar-refractivity contribution in [2.45, 2.75) is 4.90 Å². The van der Waals surface area contributed by atoms with Crippen LogP contribution in [0.15, 0.2) is 89.3 Å². The zero-order valence-corrected chi connectivity index (χ0v) is 19.9. The molecule has 1 aliphatic heterocycles. The number of hydrogen-bond acceptors (Lipinski definition) is 7. The molecule has 0 atom stereocenters. The maximum absolute atomic E-state index is 13.5. The van der Waals surface area contributed by atoms with Gasteiger partial charge in [-0.2, -0.15) is 0 Å². The zero-order valence-electron chi connectivity index (χ0n) is 18.2. The van der Waals surface area contributed by atoms with Crippen LogP contribution in [0.3, 0.4) is 0 Å². The van der Waals surface area contributed by atoms with E-state index in [1.165, 1.54) is 28.0 Å². The Morgan fingerprint density at radius 3 is 1.94 bits per heavy atom. The van der Waals surface area contributed by atoms with Gasteiger partial charge in [0.1, 0.15) is 5.57 Å². The van der Waals surface area contributed by atoms with E-state index in [1.807, 2.05) is 0 Å². The van der Waals surface area contributed by atoms with Gasteiger partial charge in [0.15, 0.2) is 5.11 Å². The number of para-hydroxylation sites is 2. The highest BCUT2D eigenvalue weighted by molar-refractivity contribution is 7.99.